The number of aliphatic hydroxyl groups excluding tert-OH is 1. The van der Waals surface area contributed by atoms with E-state index in [1.54, 1.807) is 24.3 Å². The van der Waals surface area contributed by atoms with Crippen LogP contribution in [0.3, 0.4) is 0 Å². The maximum Gasteiger partial charge on any atom is 0.337 e. The van der Waals surface area contributed by atoms with Gasteiger partial charge in [0.25, 0.3) is 0 Å². The summed E-state index contributed by atoms with van der Waals surface area (Å²) in [6, 6.07) is 6.74. The molecule has 1 aromatic rings. The lowest BCUT2D eigenvalue weighted by molar-refractivity contribution is 0.0600. The summed E-state index contributed by atoms with van der Waals surface area (Å²) in [4.78, 5) is 11.2. The van der Waals surface area contributed by atoms with Crippen LogP contribution in [0.25, 0.3) is 0 Å². The Morgan fingerprint density at radius 1 is 1.44 bits per heavy atom. The number of carbonyl (C=O) groups is 1. The Balaban J connectivity index is 2.67. The maximum atomic E-state index is 11.2. The highest BCUT2D eigenvalue weighted by Crippen LogP contribution is 2.19. The normalized spacial score (nSPS) is 12.2. The van der Waals surface area contributed by atoms with Crippen molar-refractivity contribution in [1.29, 1.82) is 0 Å². The monoisotopic (exact) mass is 242 g/mol. The molecular weight excluding hydrogens is 228 g/mol. The van der Waals surface area contributed by atoms with E-state index in [9.17, 15) is 9.90 Å². The molecule has 0 aliphatic rings. The fourth-order valence-corrected chi connectivity index (χ4v) is 1.55. The van der Waals surface area contributed by atoms with Gasteiger partial charge in [0.05, 0.1) is 18.8 Å². The van der Waals surface area contributed by atoms with Gasteiger partial charge in [-0.05, 0) is 30.5 Å². The van der Waals surface area contributed by atoms with E-state index in [1.807, 2.05) is 0 Å². The summed E-state index contributed by atoms with van der Waals surface area (Å²) in [5, 5.41) is 9.76. The number of hydrogen-bond acceptors (Lipinski definition) is 3. The third kappa shape index (κ3) is 3.51. The van der Waals surface area contributed by atoms with E-state index in [1.165, 1.54) is 7.11 Å². The maximum absolute atomic E-state index is 11.2. The first-order valence-electron chi connectivity index (χ1n) is 5.11. The Morgan fingerprint density at radius 2 is 2.06 bits per heavy atom. The largest absolute Gasteiger partial charge is 0.465 e. The van der Waals surface area contributed by atoms with Gasteiger partial charge in [0, 0.05) is 5.88 Å². The molecular formula is C12H15ClO3. The van der Waals surface area contributed by atoms with E-state index in [-0.39, 0.29) is 5.97 Å². The number of benzene rings is 1. The van der Waals surface area contributed by atoms with Crippen LogP contribution in [0.5, 0.6) is 0 Å². The molecule has 16 heavy (non-hydrogen) atoms. The van der Waals surface area contributed by atoms with E-state index in [4.69, 9.17) is 11.6 Å². The predicted octanol–water partition coefficient (Wildman–Crippen LogP) is 2.53. The van der Waals surface area contributed by atoms with Crippen LogP contribution in [0, 0.1) is 0 Å². The lowest BCUT2D eigenvalue weighted by atomic mass is 10.0. The number of hydrogen-bond donors (Lipinski definition) is 1. The van der Waals surface area contributed by atoms with E-state index < -0.39 is 6.10 Å². The summed E-state index contributed by atoms with van der Waals surface area (Å²) in [6.45, 7) is 0. The third-order valence-electron chi connectivity index (χ3n) is 2.33. The lowest BCUT2D eigenvalue weighted by Gasteiger charge is -2.10. The van der Waals surface area contributed by atoms with Crippen molar-refractivity contribution in [3.05, 3.63) is 35.4 Å². The molecule has 0 spiro atoms. The van der Waals surface area contributed by atoms with Gasteiger partial charge in [-0.25, -0.2) is 4.79 Å². The first kappa shape index (κ1) is 13.0. The number of carbonyl (C=O) groups excluding carboxylic acids is 1. The summed E-state index contributed by atoms with van der Waals surface area (Å²) in [5.41, 5.74) is 1.27. The third-order valence-corrected chi connectivity index (χ3v) is 2.60. The molecule has 0 radical (unpaired) electrons. The van der Waals surface area contributed by atoms with Gasteiger partial charge < -0.3 is 9.84 Å². The molecule has 0 aliphatic heterocycles. The highest BCUT2D eigenvalue weighted by molar-refractivity contribution is 6.17. The van der Waals surface area contributed by atoms with E-state index in [2.05, 4.69) is 4.74 Å². The van der Waals surface area contributed by atoms with Crippen molar-refractivity contribution in [2.45, 2.75) is 18.9 Å². The summed E-state index contributed by atoms with van der Waals surface area (Å²) < 4.78 is 4.58. The summed E-state index contributed by atoms with van der Waals surface area (Å²) in [6.07, 6.45) is 0.869. The van der Waals surface area contributed by atoms with Gasteiger partial charge >= 0.3 is 5.97 Å². The van der Waals surface area contributed by atoms with Crippen LogP contribution in [0.4, 0.5) is 0 Å². The molecule has 0 unspecified atom stereocenters. The Hall–Kier alpha value is -1.06. The van der Waals surface area contributed by atoms with Crippen molar-refractivity contribution >= 4 is 17.6 Å². The number of alkyl halides is 1. The highest BCUT2D eigenvalue weighted by Gasteiger charge is 2.09. The van der Waals surface area contributed by atoms with E-state index in [0.29, 0.717) is 17.9 Å². The van der Waals surface area contributed by atoms with Crippen LogP contribution in [0.2, 0.25) is 0 Å². The second-order valence-electron chi connectivity index (χ2n) is 3.46. The van der Waals surface area contributed by atoms with Gasteiger partial charge in [0.1, 0.15) is 0 Å². The van der Waals surface area contributed by atoms with Crippen LogP contribution in [0.1, 0.15) is 34.9 Å². The van der Waals surface area contributed by atoms with Crippen LogP contribution >= 0.6 is 11.6 Å². The number of esters is 1. The number of rotatable bonds is 5. The minimum absolute atomic E-state index is 0.373. The van der Waals surface area contributed by atoms with Crippen LogP contribution in [-0.4, -0.2) is 24.1 Å². The molecule has 1 atom stereocenters. The molecule has 88 valence electrons. The van der Waals surface area contributed by atoms with Crippen molar-refractivity contribution in [3.63, 3.8) is 0 Å². The SMILES string of the molecule is COC(=O)c1ccc([C@H](O)CCCCl)cc1. The van der Waals surface area contributed by atoms with E-state index in [0.717, 1.165) is 12.0 Å². The molecule has 0 aliphatic carbocycles. The molecule has 1 N–H and O–H groups in total. The summed E-state index contributed by atoms with van der Waals surface area (Å²) in [7, 11) is 1.34. The van der Waals surface area contributed by atoms with Crippen LogP contribution in [-0.2, 0) is 4.74 Å². The molecule has 0 bridgehead atoms. The molecule has 1 rings (SSSR count). The van der Waals surface area contributed by atoms with Crippen molar-refractivity contribution < 1.29 is 14.6 Å². The van der Waals surface area contributed by atoms with Crippen LogP contribution in [0.15, 0.2) is 24.3 Å². The predicted molar refractivity (Wildman–Crippen MR) is 62.7 cm³/mol. The number of ether oxygens (including phenoxy) is 1. The van der Waals surface area contributed by atoms with Gasteiger partial charge in [-0.3, -0.25) is 0 Å². The molecule has 0 fully saturated rings. The van der Waals surface area contributed by atoms with Gasteiger partial charge in [-0.15, -0.1) is 11.6 Å². The average molecular weight is 243 g/mol. The fourth-order valence-electron chi connectivity index (χ4n) is 1.40. The standard InChI is InChI=1S/C12H15ClO3/c1-16-12(15)10-6-4-9(5-7-10)11(14)3-2-8-13/h4-7,11,14H,2-3,8H2,1H3/t11-/m1/s1. The van der Waals surface area contributed by atoms with Crippen LogP contribution < -0.4 is 0 Å². The van der Waals surface area contributed by atoms with Gasteiger partial charge in [-0.1, -0.05) is 12.1 Å². The van der Waals surface area contributed by atoms with Crippen molar-refractivity contribution in [2.24, 2.45) is 0 Å². The minimum atomic E-state index is -0.523. The summed E-state index contributed by atoms with van der Waals surface area (Å²) in [5.74, 6) is 0.166. The van der Waals surface area contributed by atoms with E-state index >= 15 is 0 Å². The lowest BCUT2D eigenvalue weighted by Crippen LogP contribution is -2.02. The van der Waals surface area contributed by atoms with Crippen molar-refractivity contribution in [1.82, 2.24) is 0 Å². The van der Waals surface area contributed by atoms with Gasteiger partial charge in [0.2, 0.25) is 0 Å². The first-order chi connectivity index (χ1) is 7.69. The zero-order chi connectivity index (χ0) is 12.0. The van der Waals surface area contributed by atoms with Gasteiger partial charge in [-0.2, -0.15) is 0 Å². The second kappa shape index (κ2) is 6.51. The van der Waals surface area contributed by atoms with Crippen molar-refractivity contribution in [3.8, 4) is 0 Å². The molecule has 1 aromatic carbocycles. The zero-order valence-corrected chi connectivity index (χ0v) is 9.91. The molecule has 0 saturated heterocycles. The Kier molecular flexibility index (Phi) is 5.29. The highest BCUT2D eigenvalue weighted by atomic mass is 35.5. The smallest absolute Gasteiger partial charge is 0.337 e. The number of methoxy groups -OCH3 is 1. The first-order valence-corrected chi connectivity index (χ1v) is 5.64. The van der Waals surface area contributed by atoms with Crippen molar-refractivity contribution in [2.75, 3.05) is 13.0 Å². The molecule has 0 heterocycles. The molecule has 0 amide bonds. The fraction of sp³-hybridized carbons (Fsp3) is 0.417. The molecule has 3 nitrogen and oxygen atoms in total. The molecule has 0 aromatic heterocycles. The topological polar surface area (TPSA) is 46.5 Å². The average Bonchev–Trinajstić information content (AvgIpc) is 2.35. The molecule has 0 saturated carbocycles. The number of halogens is 1. The molecule has 4 heteroatoms. The quantitative estimate of drug-likeness (QED) is 0.638. The van der Waals surface area contributed by atoms with Gasteiger partial charge in [0.15, 0.2) is 0 Å². The minimum Gasteiger partial charge on any atom is -0.465 e. The Morgan fingerprint density at radius 3 is 2.56 bits per heavy atom. The zero-order valence-electron chi connectivity index (χ0n) is 9.15. The Labute approximate surface area is 100.0 Å². The Bertz CT molecular complexity index is 335. The second-order valence-corrected chi connectivity index (χ2v) is 3.84. The number of aliphatic hydroxyl groups is 1. The summed E-state index contributed by atoms with van der Waals surface area (Å²) >= 11 is 5.55.